The molecule has 3 rings (SSSR count). The van der Waals surface area contributed by atoms with E-state index in [0.717, 1.165) is 29.6 Å². The topological polar surface area (TPSA) is 46.6 Å². The summed E-state index contributed by atoms with van der Waals surface area (Å²) in [6.45, 7) is 7.38. The van der Waals surface area contributed by atoms with Gasteiger partial charge in [0.1, 0.15) is 0 Å². The Morgan fingerprint density at radius 2 is 2.33 bits per heavy atom. The molecule has 2 aromatic rings. The zero-order valence-electron chi connectivity index (χ0n) is 11.0. The van der Waals surface area contributed by atoms with Gasteiger partial charge in [-0.15, -0.1) is 11.3 Å². The molecule has 0 radical (unpaired) electrons. The first kappa shape index (κ1) is 12.0. The Bertz CT molecular complexity index is 554. The smallest absolute Gasteiger partial charge is 0.195 e. The van der Waals surface area contributed by atoms with Crippen LogP contribution < -0.4 is 10.6 Å². The molecule has 2 N–H and O–H groups in total. The van der Waals surface area contributed by atoms with E-state index in [0.29, 0.717) is 12.0 Å². The van der Waals surface area contributed by atoms with Crippen LogP contribution in [0.1, 0.15) is 32.4 Å². The standard InChI is InChI=1S/C13H20N4S/c1-13(2)4-3-5-16(9-13)11-10(8-14)17-6-7-18-12(17)15-11/h6-7H,3-5,8-9,14H2,1-2H3. The normalized spacial score (nSPS) is 19.6. The van der Waals surface area contributed by atoms with Crippen molar-refractivity contribution in [1.29, 1.82) is 0 Å². The minimum absolute atomic E-state index is 0.376. The summed E-state index contributed by atoms with van der Waals surface area (Å²) in [6, 6.07) is 0. The van der Waals surface area contributed by atoms with Crippen molar-refractivity contribution in [2.75, 3.05) is 18.0 Å². The molecular formula is C13H20N4S. The summed E-state index contributed by atoms with van der Waals surface area (Å²) in [5, 5.41) is 2.06. The third kappa shape index (κ3) is 1.91. The maximum atomic E-state index is 5.91. The quantitative estimate of drug-likeness (QED) is 0.906. The lowest BCUT2D eigenvalue weighted by molar-refractivity contribution is 0.292. The fourth-order valence-electron chi connectivity index (χ4n) is 2.87. The highest BCUT2D eigenvalue weighted by molar-refractivity contribution is 7.15. The van der Waals surface area contributed by atoms with Crippen molar-refractivity contribution < 1.29 is 0 Å². The van der Waals surface area contributed by atoms with Crippen LogP contribution in [0.15, 0.2) is 11.6 Å². The Balaban J connectivity index is 2.00. The van der Waals surface area contributed by atoms with E-state index >= 15 is 0 Å². The van der Waals surface area contributed by atoms with Gasteiger partial charge in [0, 0.05) is 31.2 Å². The van der Waals surface area contributed by atoms with Crippen molar-refractivity contribution >= 4 is 22.1 Å². The van der Waals surface area contributed by atoms with Gasteiger partial charge in [-0.1, -0.05) is 13.8 Å². The fraction of sp³-hybridized carbons (Fsp3) is 0.615. The monoisotopic (exact) mass is 264 g/mol. The number of nitrogens with two attached hydrogens (primary N) is 1. The first-order chi connectivity index (χ1) is 8.61. The Morgan fingerprint density at radius 1 is 1.50 bits per heavy atom. The Morgan fingerprint density at radius 3 is 3.06 bits per heavy atom. The van der Waals surface area contributed by atoms with Crippen LogP contribution in [0.2, 0.25) is 0 Å². The number of piperidine rings is 1. The number of hydrogen-bond acceptors (Lipinski definition) is 4. The molecule has 0 amide bonds. The molecule has 1 saturated heterocycles. The molecule has 0 aromatic carbocycles. The molecule has 0 saturated carbocycles. The number of rotatable bonds is 2. The zero-order chi connectivity index (χ0) is 12.8. The van der Waals surface area contributed by atoms with E-state index in [1.165, 1.54) is 12.8 Å². The molecular weight excluding hydrogens is 244 g/mol. The molecule has 1 fully saturated rings. The van der Waals surface area contributed by atoms with Gasteiger partial charge >= 0.3 is 0 Å². The van der Waals surface area contributed by atoms with Crippen molar-refractivity contribution in [3.8, 4) is 0 Å². The van der Waals surface area contributed by atoms with Gasteiger partial charge in [-0.3, -0.25) is 4.40 Å². The molecule has 4 nitrogen and oxygen atoms in total. The number of nitrogens with zero attached hydrogens (tertiary/aromatic N) is 3. The van der Waals surface area contributed by atoms with Crippen molar-refractivity contribution in [1.82, 2.24) is 9.38 Å². The number of thiazole rings is 1. The Kier molecular flexibility index (Phi) is 2.83. The summed E-state index contributed by atoms with van der Waals surface area (Å²) >= 11 is 1.67. The molecule has 0 aliphatic carbocycles. The van der Waals surface area contributed by atoms with Crippen molar-refractivity contribution in [3.63, 3.8) is 0 Å². The number of imidazole rings is 1. The summed E-state index contributed by atoms with van der Waals surface area (Å²) < 4.78 is 2.13. The maximum absolute atomic E-state index is 5.91. The minimum Gasteiger partial charge on any atom is -0.354 e. The summed E-state index contributed by atoms with van der Waals surface area (Å²) in [5.74, 6) is 1.09. The molecule has 0 atom stereocenters. The number of aromatic nitrogens is 2. The number of fused-ring (bicyclic) bond motifs is 1. The molecule has 1 aliphatic heterocycles. The van der Waals surface area contributed by atoms with Crippen LogP contribution in [0.4, 0.5) is 5.82 Å². The van der Waals surface area contributed by atoms with Crippen molar-refractivity contribution in [2.45, 2.75) is 33.2 Å². The fourth-order valence-corrected chi connectivity index (χ4v) is 3.60. The van der Waals surface area contributed by atoms with Crippen molar-refractivity contribution in [3.05, 3.63) is 17.3 Å². The molecule has 1 aliphatic rings. The largest absolute Gasteiger partial charge is 0.354 e. The summed E-state index contributed by atoms with van der Waals surface area (Å²) in [6.07, 6.45) is 4.60. The molecule has 98 valence electrons. The lowest BCUT2D eigenvalue weighted by Crippen LogP contribution is -2.40. The van der Waals surface area contributed by atoms with Crippen LogP contribution in [0.3, 0.4) is 0 Å². The molecule has 3 heterocycles. The van der Waals surface area contributed by atoms with Gasteiger partial charge in [0.25, 0.3) is 0 Å². The third-order valence-electron chi connectivity index (χ3n) is 3.73. The average Bonchev–Trinajstić information content (AvgIpc) is 2.86. The van der Waals surface area contributed by atoms with E-state index in [4.69, 9.17) is 10.7 Å². The van der Waals surface area contributed by atoms with Crippen molar-refractivity contribution in [2.24, 2.45) is 11.1 Å². The van der Waals surface area contributed by atoms with Crippen LogP contribution in [-0.4, -0.2) is 22.5 Å². The molecule has 0 spiro atoms. The minimum atomic E-state index is 0.376. The van der Waals surface area contributed by atoms with Gasteiger partial charge in [-0.2, -0.15) is 0 Å². The van der Waals surface area contributed by atoms with Crippen LogP contribution >= 0.6 is 11.3 Å². The molecule has 0 unspecified atom stereocenters. The Hall–Kier alpha value is -1.07. The highest BCUT2D eigenvalue weighted by atomic mass is 32.1. The van der Waals surface area contributed by atoms with Crippen LogP contribution in [0.5, 0.6) is 0 Å². The van der Waals surface area contributed by atoms with E-state index in [2.05, 4.69) is 34.7 Å². The number of hydrogen-bond donors (Lipinski definition) is 1. The average molecular weight is 264 g/mol. The van der Waals surface area contributed by atoms with Gasteiger partial charge < -0.3 is 10.6 Å². The van der Waals surface area contributed by atoms with Gasteiger partial charge in [-0.25, -0.2) is 4.98 Å². The summed E-state index contributed by atoms with van der Waals surface area (Å²) in [4.78, 5) is 8.22. The predicted molar refractivity (Wildman–Crippen MR) is 76.2 cm³/mol. The SMILES string of the molecule is CC1(C)CCCN(c2nc3sccn3c2CN)C1. The van der Waals surface area contributed by atoms with Gasteiger partial charge in [0.05, 0.1) is 5.69 Å². The predicted octanol–water partition coefficient (Wildman–Crippen LogP) is 2.48. The maximum Gasteiger partial charge on any atom is 0.195 e. The summed E-state index contributed by atoms with van der Waals surface area (Å²) in [5.41, 5.74) is 7.43. The lowest BCUT2D eigenvalue weighted by atomic mass is 9.84. The van der Waals surface area contributed by atoms with E-state index in [9.17, 15) is 0 Å². The van der Waals surface area contributed by atoms with Gasteiger partial charge in [-0.05, 0) is 18.3 Å². The number of anilines is 1. The second-order valence-electron chi connectivity index (χ2n) is 5.83. The van der Waals surface area contributed by atoms with Gasteiger partial charge in [0.2, 0.25) is 0 Å². The highest BCUT2D eigenvalue weighted by Gasteiger charge is 2.29. The summed E-state index contributed by atoms with van der Waals surface area (Å²) in [7, 11) is 0. The first-order valence-corrected chi connectivity index (χ1v) is 7.38. The van der Waals surface area contributed by atoms with E-state index < -0.39 is 0 Å². The molecule has 2 aromatic heterocycles. The Labute approximate surface area is 111 Å². The van der Waals surface area contributed by atoms with E-state index in [1.54, 1.807) is 11.3 Å². The first-order valence-electron chi connectivity index (χ1n) is 6.50. The zero-order valence-corrected chi connectivity index (χ0v) is 11.8. The molecule has 5 heteroatoms. The third-order valence-corrected chi connectivity index (χ3v) is 4.49. The highest BCUT2D eigenvalue weighted by Crippen LogP contribution is 2.33. The van der Waals surface area contributed by atoms with Gasteiger partial charge in [0.15, 0.2) is 10.8 Å². The van der Waals surface area contributed by atoms with Crippen LogP contribution in [-0.2, 0) is 6.54 Å². The van der Waals surface area contributed by atoms with Crippen LogP contribution in [0.25, 0.3) is 4.96 Å². The van der Waals surface area contributed by atoms with Crippen LogP contribution in [0, 0.1) is 5.41 Å². The van der Waals surface area contributed by atoms with E-state index in [-0.39, 0.29) is 0 Å². The second kappa shape index (κ2) is 4.24. The lowest BCUT2D eigenvalue weighted by Gasteiger charge is -2.38. The molecule has 0 bridgehead atoms. The van der Waals surface area contributed by atoms with E-state index in [1.807, 2.05) is 0 Å². The second-order valence-corrected chi connectivity index (χ2v) is 6.70. The molecule has 18 heavy (non-hydrogen) atoms.